The molecule has 3 saturated heterocycles. The van der Waals surface area contributed by atoms with Crippen molar-refractivity contribution >= 4 is 11.6 Å². The van der Waals surface area contributed by atoms with E-state index in [1.807, 2.05) is 18.2 Å². The molecular formula is C21H31N3O3. The first-order valence-electron chi connectivity index (χ1n) is 10.1. The van der Waals surface area contributed by atoms with Gasteiger partial charge in [-0.3, -0.25) is 10.1 Å². The quantitative estimate of drug-likeness (QED) is 0.711. The van der Waals surface area contributed by atoms with E-state index >= 15 is 0 Å². The van der Waals surface area contributed by atoms with Crippen molar-refractivity contribution in [2.24, 2.45) is 5.73 Å². The molecule has 0 atom stereocenters. The zero-order valence-electron chi connectivity index (χ0n) is 16.3. The lowest BCUT2D eigenvalue weighted by molar-refractivity contribution is -0.118. The highest BCUT2D eigenvalue weighted by atomic mass is 16.6. The van der Waals surface area contributed by atoms with Gasteiger partial charge >= 0.3 is 0 Å². The Bertz CT molecular complexity index is 706. The van der Waals surface area contributed by atoms with Crippen LogP contribution in [0.2, 0.25) is 0 Å². The van der Waals surface area contributed by atoms with Gasteiger partial charge in [0.05, 0.1) is 23.3 Å². The molecule has 3 heterocycles. The van der Waals surface area contributed by atoms with E-state index in [0.29, 0.717) is 25.7 Å². The highest BCUT2D eigenvalue weighted by Crippen LogP contribution is 2.63. The van der Waals surface area contributed by atoms with Crippen molar-refractivity contribution in [1.29, 1.82) is 0 Å². The standard InChI is InChI=1S/C21H31N3O3/c1-15(2)16-5-3-4-6-17(16)24-18(25)11-23-20-12-19(13-20,14-22)27-21(20)7-9-26-10-8-21/h3-6,15,23H,7-14,22H2,1-2H3,(H,24,25). The van der Waals surface area contributed by atoms with Crippen LogP contribution in [0.25, 0.3) is 0 Å². The molecular weight excluding hydrogens is 342 g/mol. The maximum atomic E-state index is 12.7. The Labute approximate surface area is 161 Å². The summed E-state index contributed by atoms with van der Waals surface area (Å²) in [4.78, 5) is 12.7. The fraction of sp³-hybridized carbons (Fsp3) is 0.667. The maximum Gasteiger partial charge on any atom is 0.238 e. The summed E-state index contributed by atoms with van der Waals surface area (Å²) in [7, 11) is 0. The topological polar surface area (TPSA) is 85.6 Å². The van der Waals surface area contributed by atoms with Crippen molar-refractivity contribution < 1.29 is 14.3 Å². The number of rotatable bonds is 6. The summed E-state index contributed by atoms with van der Waals surface area (Å²) >= 11 is 0. The van der Waals surface area contributed by atoms with Gasteiger partial charge in [0.1, 0.15) is 0 Å². The van der Waals surface area contributed by atoms with Crippen molar-refractivity contribution in [3.8, 4) is 0 Å². The summed E-state index contributed by atoms with van der Waals surface area (Å²) in [6.07, 6.45) is 3.48. The molecule has 0 unspecified atom stereocenters. The summed E-state index contributed by atoms with van der Waals surface area (Å²) in [6, 6.07) is 7.99. The van der Waals surface area contributed by atoms with Gasteiger partial charge in [0.25, 0.3) is 0 Å². The van der Waals surface area contributed by atoms with Crippen LogP contribution in [0.4, 0.5) is 5.69 Å². The van der Waals surface area contributed by atoms with Crippen molar-refractivity contribution in [3.63, 3.8) is 0 Å². The van der Waals surface area contributed by atoms with E-state index in [4.69, 9.17) is 15.2 Å². The first kappa shape index (κ1) is 18.9. The Balaban J connectivity index is 1.43. The van der Waals surface area contributed by atoms with Crippen LogP contribution in [0.1, 0.15) is 51.0 Å². The number of nitrogens with one attached hydrogen (secondary N) is 2. The summed E-state index contributed by atoms with van der Waals surface area (Å²) in [5.74, 6) is 0.343. The van der Waals surface area contributed by atoms with Crippen LogP contribution in [0, 0.1) is 0 Å². The number of para-hydroxylation sites is 1. The molecule has 4 fully saturated rings. The van der Waals surface area contributed by atoms with Gasteiger partial charge < -0.3 is 20.5 Å². The number of nitrogens with two attached hydrogens (primary N) is 1. The van der Waals surface area contributed by atoms with Crippen LogP contribution < -0.4 is 16.4 Å². The third-order valence-electron chi connectivity index (χ3n) is 6.65. The summed E-state index contributed by atoms with van der Waals surface area (Å²) in [5, 5.41) is 6.64. The second-order valence-corrected chi connectivity index (χ2v) is 8.68. The molecule has 1 amide bonds. The van der Waals surface area contributed by atoms with Crippen molar-refractivity contribution in [3.05, 3.63) is 29.8 Å². The number of amides is 1. The highest BCUT2D eigenvalue weighted by Gasteiger charge is 2.74. The maximum absolute atomic E-state index is 12.7. The van der Waals surface area contributed by atoms with Gasteiger partial charge in [0.2, 0.25) is 5.91 Å². The second-order valence-electron chi connectivity index (χ2n) is 8.68. The minimum absolute atomic E-state index is 0.0168. The molecule has 6 nitrogen and oxygen atoms in total. The zero-order chi connectivity index (χ0) is 19.1. The Morgan fingerprint density at radius 2 is 1.93 bits per heavy atom. The largest absolute Gasteiger partial charge is 0.381 e. The van der Waals surface area contributed by atoms with Gasteiger partial charge in [-0.2, -0.15) is 0 Å². The first-order chi connectivity index (χ1) is 12.9. The smallest absolute Gasteiger partial charge is 0.238 e. The predicted octanol–water partition coefficient (Wildman–Crippen LogP) is 2.15. The SMILES string of the molecule is CC(C)c1ccccc1NC(=O)CNC12CC(CN)(C1)OC21CCOCC1. The summed E-state index contributed by atoms with van der Waals surface area (Å²) in [6.45, 7) is 6.49. The average Bonchev–Trinajstić information content (AvgIpc) is 3.04. The second kappa shape index (κ2) is 6.85. The Kier molecular flexibility index (Phi) is 4.79. The Morgan fingerprint density at radius 1 is 1.22 bits per heavy atom. The lowest BCUT2D eigenvalue weighted by atomic mass is 9.60. The lowest BCUT2D eigenvalue weighted by Gasteiger charge is -2.49. The first-order valence-corrected chi connectivity index (χ1v) is 10.1. The number of hydrogen-bond donors (Lipinski definition) is 3. The molecule has 148 valence electrons. The molecule has 1 aromatic carbocycles. The molecule has 27 heavy (non-hydrogen) atoms. The normalized spacial score (nSPS) is 31.1. The van der Waals surface area contributed by atoms with Crippen LogP contribution in [-0.2, 0) is 14.3 Å². The summed E-state index contributed by atoms with van der Waals surface area (Å²) in [5.41, 5.74) is 7.41. The molecule has 1 aromatic rings. The van der Waals surface area contributed by atoms with Gasteiger partial charge in [0, 0.05) is 38.3 Å². The molecule has 0 radical (unpaired) electrons. The number of benzene rings is 1. The van der Waals surface area contributed by atoms with Crippen molar-refractivity contribution in [2.75, 3.05) is 31.6 Å². The summed E-state index contributed by atoms with van der Waals surface area (Å²) < 4.78 is 12.1. The van der Waals surface area contributed by atoms with Gasteiger partial charge in [-0.25, -0.2) is 0 Å². The van der Waals surface area contributed by atoms with E-state index in [9.17, 15) is 4.79 Å². The number of carbonyl (C=O) groups is 1. The molecule has 1 aliphatic carbocycles. The van der Waals surface area contributed by atoms with Crippen LogP contribution in [-0.4, -0.2) is 49.0 Å². The Morgan fingerprint density at radius 3 is 2.59 bits per heavy atom. The van der Waals surface area contributed by atoms with E-state index in [-0.39, 0.29) is 29.2 Å². The fourth-order valence-corrected chi connectivity index (χ4v) is 5.27. The van der Waals surface area contributed by atoms with Crippen molar-refractivity contribution in [1.82, 2.24) is 5.32 Å². The van der Waals surface area contributed by atoms with E-state index in [0.717, 1.165) is 36.9 Å². The van der Waals surface area contributed by atoms with Crippen LogP contribution >= 0.6 is 0 Å². The van der Waals surface area contributed by atoms with Crippen molar-refractivity contribution in [2.45, 2.75) is 62.2 Å². The van der Waals surface area contributed by atoms with Gasteiger partial charge in [-0.15, -0.1) is 0 Å². The number of carbonyl (C=O) groups excluding carboxylic acids is 1. The molecule has 3 aliphatic heterocycles. The minimum atomic E-state index is -0.249. The third kappa shape index (κ3) is 3.09. The number of anilines is 1. The Hall–Kier alpha value is -1.47. The molecule has 2 bridgehead atoms. The molecule has 5 rings (SSSR count). The van der Waals surface area contributed by atoms with Crippen LogP contribution in [0.3, 0.4) is 0 Å². The molecule has 1 saturated carbocycles. The van der Waals surface area contributed by atoms with Crippen LogP contribution in [0.5, 0.6) is 0 Å². The van der Waals surface area contributed by atoms with E-state index < -0.39 is 0 Å². The molecule has 4 aliphatic rings. The minimum Gasteiger partial charge on any atom is -0.381 e. The van der Waals surface area contributed by atoms with E-state index in [1.165, 1.54) is 0 Å². The van der Waals surface area contributed by atoms with Crippen LogP contribution in [0.15, 0.2) is 24.3 Å². The van der Waals surface area contributed by atoms with Gasteiger partial charge in [0.15, 0.2) is 0 Å². The molecule has 6 heteroatoms. The fourth-order valence-electron chi connectivity index (χ4n) is 5.27. The van der Waals surface area contributed by atoms with E-state index in [2.05, 4.69) is 30.5 Å². The highest BCUT2D eigenvalue weighted by molar-refractivity contribution is 5.93. The monoisotopic (exact) mass is 373 g/mol. The molecule has 1 spiro atoms. The van der Waals surface area contributed by atoms with E-state index in [1.54, 1.807) is 0 Å². The molecule has 4 N–H and O–H groups in total. The average molecular weight is 373 g/mol. The number of ether oxygens (including phenoxy) is 2. The van der Waals surface area contributed by atoms with Gasteiger partial charge in [-0.05, 0) is 30.4 Å². The zero-order valence-corrected chi connectivity index (χ0v) is 16.3. The number of hydrogen-bond acceptors (Lipinski definition) is 5. The third-order valence-corrected chi connectivity index (χ3v) is 6.65. The molecule has 0 aromatic heterocycles. The van der Waals surface area contributed by atoms with Gasteiger partial charge in [-0.1, -0.05) is 32.0 Å². The lowest BCUT2D eigenvalue weighted by Crippen LogP contribution is -2.67. The predicted molar refractivity (Wildman–Crippen MR) is 105 cm³/mol.